The highest BCUT2D eigenvalue weighted by Crippen LogP contribution is 2.28. The summed E-state index contributed by atoms with van der Waals surface area (Å²) in [6, 6.07) is 18.6. The van der Waals surface area contributed by atoms with Crippen molar-refractivity contribution < 1.29 is 9.50 Å². The van der Waals surface area contributed by atoms with Crippen LogP contribution in [0.15, 0.2) is 59.0 Å². The van der Waals surface area contributed by atoms with Crippen molar-refractivity contribution in [3.8, 4) is 11.5 Å². The molecule has 0 aromatic heterocycles. The Kier molecular flexibility index (Phi) is 5.30. The maximum absolute atomic E-state index is 8.25. The van der Waals surface area contributed by atoms with Gasteiger partial charge in [-0.05, 0) is 31.4 Å². The normalized spacial score (nSPS) is 10.6. The molecule has 0 bridgehead atoms. The van der Waals surface area contributed by atoms with Crippen molar-refractivity contribution in [2.45, 2.75) is 13.8 Å². The van der Waals surface area contributed by atoms with Crippen LogP contribution < -0.4 is 9.93 Å². The van der Waals surface area contributed by atoms with Gasteiger partial charge in [0.15, 0.2) is 11.3 Å². The second kappa shape index (κ2) is 7.82. The average Bonchev–Trinajstić information content (AvgIpc) is 2.67. The summed E-state index contributed by atoms with van der Waals surface area (Å²) >= 11 is 0. The van der Waals surface area contributed by atoms with Gasteiger partial charge in [0, 0.05) is 11.5 Å². The third-order valence-corrected chi connectivity index (χ3v) is 4.39. The lowest BCUT2D eigenvalue weighted by Gasteiger charge is -2.08. The lowest BCUT2D eigenvalue weighted by Crippen LogP contribution is -2.29. The highest BCUT2D eigenvalue weighted by Gasteiger charge is 2.12. The van der Waals surface area contributed by atoms with E-state index in [1.807, 2.05) is 24.3 Å². The zero-order valence-electron chi connectivity index (χ0n) is 15.1. The first-order valence-electron chi connectivity index (χ1n) is 8.65. The fourth-order valence-corrected chi connectivity index (χ4v) is 3.13. The van der Waals surface area contributed by atoms with Gasteiger partial charge in [-0.1, -0.05) is 30.3 Å². The van der Waals surface area contributed by atoms with Crippen LogP contribution in [0, 0.1) is 15.3 Å². The van der Waals surface area contributed by atoms with E-state index in [-0.39, 0.29) is 0 Å². The number of hydrogen-bond donors (Lipinski definition) is 0. The summed E-state index contributed by atoms with van der Waals surface area (Å²) in [5.41, 5.74) is 2.64. The van der Waals surface area contributed by atoms with Crippen LogP contribution in [-0.2, 0) is 0 Å². The fourth-order valence-electron chi connectivity index (χ4n) is 3.13. The van der Waals surface area contributed by atoms with Crippen molar-refractivity contribution in [1.29, 1.82) is 0 Å². The largest absolute Gasteiger partial charge is 0.453 e. The van der Waals surface area contributed by atoms with Crippen molar-refractivity contribution in [3.63, 3.8) is 0 Å². The van der Waals surface area contributed by atoms with Crippen LogP contribution in [0.2, 0.25) is 0 Å². The molecule has 0 radical (unpaired) electrons. The predicted octanol–water partition coefficient (Wildman–Crippen LogP) is 3.66. The molecule has 27 heavy (non-hydrogen) atoms. The van der Waals surface area contributed by atoms with Gasteiger partial charge in [0.05, 0.1) is 11.2 Å². The van der Waals surface area contributed by atoms with Crippen molar-refractivity contribution >= 4 is 21.9 Å². The second-order valence-electron chi connectivity index (χ2n) is 5.90. The zero-order valence-corrected chi connectivity index (χ0v) is 15.1. The summed E-state index contributed by atoms with van der Waals surface area (Å²) < 4.78 is 8.45. The summed E-state index contributed by atoms with van der Waals surface area (Å²) in [5, 5.41) is 18.2. The molecule has 1 aliphatic heterocycles. The van der Waals surface area contributed by atoms with Crippen LogP contribution in [0.3, 0.4) is 0 Å². The smallest absolute Gasteiger partial charge is 0.203 e. The number of benzene rings is 3. The Balaban J connectivity index is 0.000000481. The minimum Gasteiger partial charge on any atom is -0.453 e. The van der Waals surface area contributed by atoms with Crippen molar-refractivity contribution in [2.24, 2.45) is 0 Å². The monoisotopic (exact) mass is 365 g/mol. The number of aromatic nitrogens is 1. The Bertz CT molecular complexity index is 1140. The van der Waals surface area contributed by atoms with E-state index < -0.39 is 5.09 Å². The first kappa shape index (κ1) is 18.3. The van der Waals surface area contributed by atoms with Crippen LogP contribution in [0.1, 0.15) is 13.8 Å². The summed E-state index contributed by atoms with van der Waals surface area (Å²) in [5.74, 6) is 0.831. The molecule has 7 heteroatoms. The molecule has 0 spiro atoms. The van der Waals surface area contributed by atoms with Gasteiger partial charge in [-0.25, -0.2) is 9.56 Å². The Morgan fingerprint density at radius 1 is 1.00 bits per heavy atom. The molecule has 0 fully saturated rings. The number of fused-ring (bicyclic) bond motifs is 4. The van der Waals surface area contributed by atoms with E-state index in [2.05, 4.69) is 48.8 Å². The van der Waals surface area contributed by atoms with Gasteiger partial charge in [-0.2, -0.15) is 0 Å². The minimum atomic E-state index is -1.75. The zero-order chi connectivity index (χ0) is 19.4. The van der Waals surface area contributed by atoms with Crippen LogP contribution in [-0.4, -0.2) is 23.2 Å². The molecule has 2 aromatic rings. The predicted molar refractivity (Wildman–Crippen MR) is 105 cm³/mol. The average molecular weight is 365 g/mol. The quantitative estimate of drug-likeness (QED) is 0.178. The van der Waals surface area contributed by atoms with E-state index in [9.17, 15) is 0 Å². The van der Waals surface area contributed by atoms with E-state index in [0.29, 0.717) is 0 Å². The molecule has 0 saturated carbocycles. The lowest BCUT2D eigenvalue weighted by atomic mass is 10.1. The Morgan fingerprint density at radius 3 is 2.41 bits per heavy atom. The number of hydrogen-bond acceptors (Lipinski definition) is 5. The SMILES string of the molecule is CC[N+](CC)=c1ccc2nc3c(ccc4ccccc43)oc-2c1.O=[N+]([O-])[O-]. The van der Waals surface area contributed by atoms with Gasteiger partial charge in [-0.15, -0.1) is 0 Å². The Morgan fingerprint density at radius 2 is 1.70 bits per heavy atom. The van der Waals surface area contributed by atoms with Crippen molar-refractivity contribution in [2.75, 3.05) is 13.1 Å². The molecule has 0 saturated heterocycles. The molecule has 2 aromatic carbocycles. The van der Waals surface area contributed by atoms with Gasteiger partial charge < -0.3 is 19.7 Å². The third-order valence-electron chi connectivity index (χ3n) is 4.39. The Hall–Kier alpha value is -3.48. The summed E-state index contributed by atoms with van der Waals surface area (Å²) in [6.45, 7) is 6.28. The maximum Gasteiger partial charge on any atom is 0.203 e. The molecule has 7 nitrogen and oxygen atoms in total. The second-order valence-corrected chi connectivity index (χ2v) is 5.90. The molecule has 1 aliphatic carbocycles. The van der Waals surface area contributed by atoms with Gasteiger partial charge in [0.1, 0.15) is 24.3 Å². The molecular formula is C20H19N3O4. The van der Waals surface area contributed by atoms with Gasteiger partial charge in [0.25, 0.3) is 0 Å². The molecule has 0 N–H and O–H groups in total. The Labute approximate surface area is 155 Å². The molecule has 2 aliphatic rings. The van der Waals surface area contributed by atoms with Gasteiger partial charge in [0.2, 0.25) is 5.36 Å². The summed E-state index contributed by atoms with van der Waals surface area (Å²) in [6.07, 6.45) is 0. The third kappa shape index (κ3) is 3.87. The molecule has 4 rings (SSSR count). The van der Waals surface area contributed by atoms with Crippen molar-refractivity contribution in [3.05, 3.63) is 75.3 Å². The van der Waals surface area contributed by atoms with E-state index >= 15 is 0 Å². The van der Waals surface area contributed by atoms with E-state index in [0.717, 1.165) is 41.0 Å². The van der Waals surface area contributed by atoms with Crippen molar-refractivity contribution in [1.82, 2.24) is 9.56 Å². The molecule has 138 valence electrons. The number of nitrogens with zero attached hydrogens (tertiary/aromatic N) is 3. The minimum absolute atomic E-state index is 0.827. The topological polar surface area (TPSA) is 95.2 Å². The summed E-state index contributed by atoms with van der Waals surface area (Å²) in [4.78, 5) is 13.1. The van der Waals surface area contributed by atoms with Gasteiger partial charge >= 0.3 is 0 Å². The van der Waals surface area contributed by atoms with Crippen LogP contribution in [0.5, 0.6) is 0 Å². The molecule has 0 atom stereocenters. The first-order valence-corrected chi connectivity index (χ1v) is 8.65. The lowest BCUT2D eigenvalue weighted by molar-refractivity contribution is -0.402. The van der Waals surface area contributed by atoms with E-state index in [1.165, 1.54) is 10.7 Å². The highest BCUT2D eigenvalue weighted by molar-refractivity contribution is 6.03. The standard InChI is InChI=1S/C20H19N2O.NO3/c1-3-22(4-2)15-10-11-17-19(13-15)23-18-12-9-14-7-5-6-8-16(14)20(18)21-17;2-1(3)4/h5-13H,3-4H2,1-2H3;/q+1;-1. The molecule has 0 unspecified atom stereocenters. The first-order chi connectivity index (χ1) is 13.0. The molecule has 0 amide bonds. The van der Waals surface area contributed by atoms with Crippen LogP contribution in [0.4, 0.5) is 0 Å². The van der Waals surface area contributed by atoms with Crippen LogP contribution >= 0.6 is 0 Å². The molecule has 1 heterocycles. The fraction of sp³-hybridized carbons (Fsp3) is 0.200. The van der Waals surface area contributed by atoms with Crippen LogP contribution in [0.25, 0.3) is 33.3 Å². The molecular weight excluding hydrogens is 346 g/mol. The summed E-state index contributed by atoms with van der Waals surface area (Å²) in [7, 11) is 0. The van der Waals surface area contributed by atoms with E-state index in [4.69, 9.17) is 24.7 Å². The maximum atomic E-state index is 8.25. The van der Waals surface area contributed by atoms with E-state index in [1.54, 1.807) is 0 Å². The number of rotatable bonds is 2. The van der Waals surface area contributed by atoms with Gasteiger partial charge in [-0.3, -0.25) is 0 Å². The highest BCUT2D eigenvalue weighted by atomic mass is 16.9.